The monoisotopic (exact) mass is 416 g/mol. The summed E-state index contributed by atoms with van der Waals surface area (Å²) < 4.78 is 0. The van der Waals surface area contributed by atoms with Crippen molar-refractivity contribution in [1.29, 1.82) is 0 Å². The van der Waals surface area contributed by atoms with Crippen LogP contribution < -0.4 is 0 Å². The Morgan fingerprint density at radius 1 is 0.536 bits per heavy atom. The molecule has 1 N–H and O–H groups in total. The summed E-state index contributed by atoms with van der Waals surface area (Å²) in [5.74, 6) is 0. The van der Waals surface area contributed by atoms with Gasteiger partial charge in [0, 0.05) is 0 Å². The number of hydrogen-bond acceptors (Lipinski definition) is 1. The largest absolute Gasteiger partial charge is 0.389 e. The molecule has 0 aromatic heterocycles. The van der Waals surface area contributed by atoms with Crippen LogP contribution in [0.5, 0.6) is 0 Å². The number of halogens is 1. The zero-order chi connectivity index (χ0) is 20.9. The third-order valence-electron chi connectivity index (χ3n) is 6.08. The van der Waals surface area contributed by atoms with Crippen molar-refractivity contribution in [3.8, 4) is 0 Å². The van der Waals surface area contributed by atoms with E-state index >= 15 is 0 Å². The van der Waals surface area contributed by atoms with E-state index in [9.17, 15) is 5.11 Å². The minimum atomic E-state index is -0.741. The van der Waals surface area contributed by atoms with Crippen LogP contribution in [0.15, 0.2) is 0 Å². The standard InChI is InChI=1S/C26H53ClO/c1-4-5-6-7-8-9-10-11-12-13-14-15-16-17-18-19-20-21-22-23-24-25(27)26(2,3)28/h25,28H,4-24H2,1-3H3. The molecule has 1 unspecified atom stereocenters. The van der Waals surface area contributed by atoms with E-state index in [1.807, 2.05) is 0 Å². The van der Waals surface area contributed by atoms with E-state index < -0.39 is 5.60 Å². The number of rotatable bonds is 22. The predicted octanol–water partition coefficient (Wildman–Crippen LogP) is 9.58. The molecule has 0 aliphatic carbocycles. The van der Waals surface area contributed by atoms with Crippen LogP contribution in [-0.4, -0.2) is 16.1 Å². The molecule has 0 aliphatic heterocycles. The van der Waals surface area contributed by atoms with Crippen LogP contribution in [0, 0.1) is 0 Å². The lowest BCUT2D eigenvalue weighted by atomic mass is 9.98. The highest BCUT2D eigenvalue weighted by molar-refractivity contribution is 6.21. The molecule has 28 heavy (non-hydrogen) atoms. The quantitative estimate of drug-likeness (QED) is 0.137. The Kier molecular flexibility index (Phi) is 20.7. The first kappa shape index (κ1) is 28.2. The molecule has 170 valence electrons. The van der Waals surface area contributed by atoms with Crippen LogP contribution in [0.4, 0.5) is 0 Å². The lowest BCUT2D eigenvalue weighted by Crippen LogP contribution is -2.31. The molecule has 0 saturated heterocycles. The Labute approximate surface area is 183 Å². The fourth-order valence-corrected chi connectivity index (χ4v) is 4.09. The van der Waals surface area contributed by atoms with Crippen molar-refractivity contribution in [3.63, 3.8) is 0 Å². The highest BCUT2D eigenvalue weighted by Crippen LogP contribution is 2.22. The summed E-state index contributed by atoms with van der Waals surface area (Å²) in [6, 6.07) is 0. The smallest absolute Gasteiger partial charge is 0.0754 e. The maximum Gasteiger partial charge on any atom is 0.0754 e. The van der Waals surface area contributed by atoms with Crippen molar-refractivity contribution in [2.24, 2.45) is 0 Å². The SMILES string of the molecule is CCCCCCCCCCCCCCCCCCCCCCC(Cl)C(C)(C)O. The summed E-state index contributed by atoms with van der Waals surface area (Å²) in [5.41, 5.74) is -0.741. The number of alkyl halides is 1. The first-order valence-electron chi connectivity index (χ1n) is 12.8. The second-order valence-electron chi connectivity index (χ2n) is 9.63. The van der Waals surface area contributed by atoms with Crippen molar-refractivity contribution in [1.82, 2.24) is 0 Å². The average molecular weight is 417 g/mol. The van der Waals surface area contributed by atoms with E-state index in [1.54, 1.807) is 13.8 Å². The fraction of sp³-hybridized carbons (Fsp3) is 1.00. The number of hydrogen-bond donors (Lipinski definition) is 1. The first-order valence-corrected chi connectivity index (χ1v) is 13.3. The Morgan fingerprint density at radius 2 is 0.786 bits per heavy atom. The van der Waals surface area contributed by atoms with E-state index in [2.05, 4.69) is 6.92 Å². The molecule has 0 aromatic carbocycles. The fourth-order valence-electron chi connectivity index (χ4n) is 3.93. The maximum absolute atomic E-state index is 9.81. The highest BCUT2D eigenvalue weighted by atomic mass is 35.5. The molecule has 0 spiro atoms. The third-order valence-corrected chi connectivity index (χ3v) is 6.83. The normalized spacial score (nSPS) is 13.2. The lowest BCUT2D eigenvalue weighted by molar-refractivity contribution is 0.0722. The minimum absolute atomic E-state index is 0.108. The van der Waals surface area contributed by atoms with Gasteiger partial charge in [-0.05, 0) is 20.3 Å². The van der Waals surface area contributed by atoms with E-state index in [0.29, 0.717) is 0 Å². The molecular formula is C26H53ClO. The molecule has 0 amide bonds. The van der Waals surface area contributed by atoms with Crippen LogP contribution in [0.3, 0.4) is 0 Å². The van der Waals surface area contributed by atoms with Crippen molar-refractivity contribution in [3.05, 3.63) is 0 Å². The van der Waals surface area contributed by atoms with Gasteiger partial charge in [0.25, 0.3) is 0 Å². The molecular weight excluding hydrogens is 364 g/mol. The summed E-state index contributed by atoms with van der Waals surface area (Å²) in [7, 11) is 0. The van der Waals surface area contributed by atoms with Gasteiger partial charge in [-0.3, -0.25) is 0 Å². The Balaban J connectivity index is 3.09. The molecule has 0 bridgehead atoms. The molecule has 1 nitrogen and oxygen atoms in total. The predicted molar refractivity (Wildman–Crippen MR) is 129 cm³/mol. The van der Waals surface area contributed by atoms with Crippen molar-refractivity contribution >= 4 is 11.6 Å². The zero-order valence-corrected chi connectivity index (χ0v) is 20.5. The van der Waals surface area contributed by atoms with Gasteiger partial charge in [0.05, 0.1) is 11.0 Å². The Bertz CT molecular complexity index is 297. The van der Waals surface area contributed by atoms with Crippen LogP contribution in [0.2, 0.25) is 0 Å². The molecule has 0 aromatic rings. The van der Waals surface area contributed by atoms with Gasteiger partial charge in [0.15, 0.2) is 0 Å². The second-order valence-corrected chi connectivity index (χ2v) is 10.2. The van der Waals surface area contributed by atoms with E-state index in [1.165, 1.54) is 122 Å². The summed E-state index contributed by atoms with van der Waals surface area (Å²) >= 11 is 6.19. The van der Waals surface area contributed by atoms with Gasteiger partial charge in [0.2, 0.25) is 0 Å². The highest BCUT2D eigenvalue weighted by Gasteiger charge is 2.23. The molecule has 0 fully saturated rings. The van der Waals surface area contributed by atoms with E-state index in [0.717, 1.165) is 12.8 Å². The number of unbranched alkanes of at least 4 members (excludes halogenated alkanes) is 19. The van der Waals surface area contributed by atoms with Gasteiger partial charge < -0.3 is 5.11 Å². The van der Waals surface area contributed by atoms with Crippen molar-refractivity contribution in [2.75, 3.05) is 0 Å². The molecule has 1 atom stereocenters. The third kappa shape index (κ3) is 21.0. The Hall–Kier alpha value is 0.250. The summed E-state index contributed by atoms with van der Waals surface area (Å²) in [5, 5.41) is 9.70. The van der Waals surface area contributed by atoms with Gasteiger partial charge >= 0.3 is 0 Å². The van der Waals surface area contributed by atoms with Gasteiger partial charge in [-0.2, -0.15) is 0 Å². The van der Waals surface area contributed by atoms with Gasteiger partial charge in [-0.1, -0.05) is 135 Å². The van der Waals surface area contributed by atoms with Crippen LogP contribution in [-0.2, 0) is 0 Å². The van der Waals surface area contributed by atoms with E-state index in [-0.39, 0.29) is 5.38 Å². The maximum atomic E-state index is 9.81. The molecule has 0 radical (unpaired) electrons. The average Bonchev–Trinajstić information content (AvgIpc) is 2.65. The lowest BCUT2D eigenvalue weighted by Gasteiger charge is -2.23. The first-order chi connectivity index (χ1) is 13.5. The molecule has 0 heterocycles. The molecule has 2 heteroatoms. The minimum Gasteiger partial charge on any atom is -0.389 e. The van der Waals surface area contributed by atoms with Crippen molar-refractivity contribution < 1.29 is 5.11 Å². The second kappa shape index (κ2) is 20.5. The molecule has 0 aliphatic rings. The van der Waals surface area contributed by atoms with Crippen LogP contribution in [0.1, 0.15) is 156 Å². The molecule has 0 rings (SSSR count). The molecule has 0 saturated carbocycles. The van der Waals surface area contributed by atoms with Gasteiger partial charge in [-0.25, -0.2) is 0 Å². The van der Waals surface area contributed by atoms with Gasteiger partial charge in [-0.15, -0.1) is 11.6 Å². The van der Waals surface area contributed by atoms with Crippen LogP contribution in [0.25, 0.3) is 0 Å². The van der Waals surface area contributed by atoms with Crippen LogP contribution >= 0.6 is 11.6 Å². The number of aliphatic hydroxyl groups is 1. The Morgan fingerprint density at radius 3 is 1.04 bits per heavy atom. The van der Waals surface area contributed by atoms with Crippen molar-refractivity contribution in [2.45, 2.75) is 167 Å². The summed E-state index contributed by atoms with van der Waals surface area (Å²) in [4.78, 5) is 0. The van der Waals surface area contributed by atoms with Gasteiger partial charge in [0.1, 0.15) is 0 Å². The summed E-state index contributed by atoms with van der Waals surface area (Å²) in [6.07, 6.45) is 29.1. The zero-order valence-electron chi connectivity index (χ0n) is 19.8. The van der Waals surface area contributed by atoms with E-state index in [4.69, 9.17) is 11.6 Å². The summed E-state index contributed by atoms with van der Waals surface area (Å²) in [6.45, 7) is 5.91. The topological polar surface area (TPSA) is 20.2 Å².